The van der Waals surface area contributed by atoms with E-state index in [1.165, 1.54) is 30.1 Å². The lowest BCUT2D eigenvalue weighted by molar-refractivity contribution is -0.122. The van der Waals surface area contributed by atoms with E-state index in [1.54, 1.807) is 36.4 Å². The molecule has 2 aromatic rings. The van der Waals surface area contributed by atoms with Crippen molar-refractivity contribution >= 4 is 35.0 Å². The normalized spacial score (nSPS) is 18.3. The highest BCUT2D eigenvalue weighted by atomic mass is 16.3. The van der Waals surface area contributed by atoms with Crippen molar-refractivity contribution in [1.29, 1.82) is 0 Å². The number of anilines is 2. The molecule has 1 aliphatic carbocycles. The van der Waals surface area contributed by atoms with Gasteiger partial charge in [-0.05, 0) is 68.5 Å². The monoisotopic (exact) mass is 449 g/mol. The van der Waals surface area contributed by atoms with Gasteiger partial charge < -0.3 is 14.6 Å². The Morgan fingerprint density at radius 1 is 1.15 bits per heavy atom. The molecule has 1 atom stereocenters. The number of rotatable bonds is 7. The second-order valence-electron chi connectivity index (χ2n) is 8.35. The van der Waals surface area contributed by atoms with Gasteiger partial charge >= 0.3 is 0 Å². The minimum Gasteiger partial charge on any atom is -0.459 e. The number of hydrogen-bond acceptors (Lipinski definition) is 5. The number of nitrogens with one attached hydrogen (secondary N) is 1. The highest BCUT2D eigenvalue weighted by Crippen LogP contribution is 2.29. The van der Waals surface area contributed by atoms with E-state index < -0.39 is 17.9 Å². The fourth-order valence-corrected chi connectivity index (χ4v) is 4.36. The van der Waals surface area contributed by atoms with Crippen LogP contribution in [0.4, 0.5) is 11.4 Å². The number of carbonyl (C=O) groups excluding carboxylic acids is 4. The molecule has 2 aliphatic rings. The number of hydrogen-bond donors (Lipinski definition) is 1. The smallest absolute Gasteiger partial charge is 0.290 e. The summed E-state index contributed by atoms with van der Waals surface area (Å²) < 4.78 is 5.30. The third-order valence-electron chi connectivity index (χ3n) is 6.00. The molecule has 1 unspecified atom stereocenters. The Balaban J connectivity index is 1.55. The van der Waals surface area contributed by atoms with Crippen molar-refractivity contribution in [3.05, 3.63) is 60.1 Å². The Hall–Kier alpha value is -3.68. The molecule has 0 bridgehead atoms. The summed E-state index contributed by atoms with van der Waals surface area (Å²) >= 11 is 0. The van der Waals surface area contributed by atoms with E-state index in [2.05, 4.69) is 11.4 Å². The molecule has 4 amide bonds. The highest BCUT2D eigenvalue weighted by Gasteiger charge is 2.44. The molecule has 1 aliphatic heterocycles. The van der Waals surface area contributed by atoms with Crippen molar-refractivity contribution in [1.82, 2.24) is 4.90 Å². The van der Waals surface area contributed by atoms with Gasteiger partial charge in [0.2, 0.25) is 11.8 Å². The van der Waals surface area contributed by atoms with Crippen LogP contribution in [0.25, 0.3) is 0 Å². The van der Waals surface area contributed by atoms with Crippen LogP contribution in [0.1, 0.15) is 56.0 Å². The molecule has 172 valence electrons. The zero-order valence-electron chi connectivity index (χ0n) is 18.6. The number of carbonyl (C=O) groups is 4. The first kappa shape index (κ1) is 22.5. The van der Waals surface area contributed by atoms with Gasteiger partial charge in [0, 0.05) is 19.2 Å². The van der Waals surface area contributed by atoms with Crippen molar-refractivity contribution in [2.75, 3.05) is 16.8 Å². The fourth-order valence-electron chi connectivity index (χ4n) is 4.36. The third-order valence-corrected chi connectivity index (χ3v) is 6.00. The van der Waals surface area contributed by atoms with E-state index in [9.17, 15) is 19.2 Å². The summed E-state index contributed by atoms with van der Waals surface area (Å²) in [6, 6.07) is 8.77. The van der Waals surface area contributed by atoms with Gasteiger partial charge in [-0.25, -0.2) is 4.90 Å². The Kier molecular flexibility index (Phi) is 6.72. The lowest BCUT2D eigenvalue weighted by atomic mass is 9.97. The number of benzene rings is 1. The van der Waals surface area contributed by atoms with Crippen LogP contribution >= 0.6 is 0 Å². The third kappa shape index (κ3) is 5.05. The van der Waals surface area contributed by atoms with Gasteiger partial charge in [0.1, 0.15) is 6.04 Å². The van der Waals surface area contributed by atoms with E-state index in [0.29, 0.717) is 24.3 Å². The maximum absolute atomic E-state index is 13.3. The maximum Gasteiger partial charge on any atom is 0.290 e. The Morgan fingerprint density at radius 3 is 2.58 bits per heavy atom. The number of nitrogens with zero attached hydrogens (tertiary/aromatic N) is 2. The first-order valence-electron chi connectivity index (χ1n) is 11.2. The van der Waals surface area contributed by atoms with Crippen LogP contribution < -0.4 is 10.2 Å². The zero-order valence-corrected chi connectivity index (χ0v) is 18.6. The molecule has 1 aromatic carbocycles. The van der Waals surface area contributed by atoms with Crippen molar-refractivity contribution < 1.29 is 23.6 Å². The molecule has 0 radical (unpaired) electrons. The van der Waals surface area contributed by atoms with Crippen LogP contribution in [0, 0.1) is 0 Å². The first-order valence-corrected chi connectivity index (χ1v) is 11.2. The summed E-state index contributed by atoms with van der Waals surface area (Å²) in [6.45, 7) is 1.74. The highest BCUT2D eigenvalue weighted by molar-refractivity contribution is 6.23. The van der Waals surface area contributed by atoms with Gasteiger partial charge in [0.05, 0.1) is 18.4 Å². The summed E-state index contributed by atoms with van der Waals surface area (Å²) in [5.41, 5.74) is 2.25. The van der Waals surface area contributed by atoms with Gasteiger partial charge in [-0.1, -0.05) is 11.6 Å². The Labute approximate surface area is 192 Å². The molecule has 4 rings (SSSR count). The summed E-state index contributed by atoms with van der Waals surface area (Å²) in [5, 5.41) is 2.65. The van der Waals surface area contributed by atoms with Crippen LogP contribution in [-0.4, -0.2) is 41.1 Å². The molecule has 1 aromatic heterocycles. The minimum absolute atomic E-state index is 0.0855. The molecule has 2 heterocycles. The van der Waals surface area contributed by atoms with Gasteiger partial charge in [0.25, 0.3) is 11.8 Å². The zero-order chi connectivity index (χ0) is 23.4. The van der Waals surface area contributed by atoms with E-state index in [0.717, 1.165) is 24.2 Å². The van der Waals surface area contributed by atoms with Gasteiger partial charge in [-0.3, -0.25) is 19.2 Å². The Bertz CT molecular complexity index is 1070. The van der Waals surface area contributed by atoms with Gasteiger partial charge in [-0.2, -0.15) is 0 Å². The number of amides is 4. The summed E-state index contributed by atoms with van der Waals surface area (Å²) in [6.07, 6.45) is 8.53. The molecule has 8 nitrogen and oxygen atoms in total. The molecule has 0 spiro atoms. The topological polar surface area (TPSA) is 99.9 Å². The summed E-state index contributed by atoms with van der Waals surface area (Å²) in [7, 11) is 0. The van der Waals surface area contributed by atoms with Crippen molar-refractivity contribution in [2.24, 2.45) is 0 Å². The standard InChI is InChI=1S/C25H27N3O5/c1-17(29)26-19-9-11-20(12-10-19)28-23(30)16-21(24(28)31)27(25(32)22-8-5-15-33-22)14-13-18-6-3-2-4-7-18/h5-6,8-12,15,21H,2-4,7,13-14,16H2,1H3,(H,26,29). The molecule has 1 N–H and O–H groups in total. The molecule has 8 heteroatoms. The fraction of sp³-hybridized carbons (Fsp3) is 0.360. The van der Waals surface area contributed by atoms with Gasteiger partial charge in [-0.15, -0.1) is 0 Å². The molecule has 33 heavy (non-hydrogen) atoms. The molecular weight excluding hydrogens is 422 g/mol. The SMILES string of the molecule is CC(=O)Nc1ccc(N2C(=O)CC(N(CCC3=CCCCC3)C(=O)c3ccco3)C2=O)cc1. The molecule has 1 fully saturated rings. The quantitative estimate of drug-likeness (QED) is 0.510. The van der Waals surface area contributed by atoms with E-state index in [-0.39, 0.29) is 24.0 Å². The average molecular weight is 450 g/mol. The van der Waals surface area contributed by atoms with Crippen molar-refractivity contribution in [3.8, 4) is 0 Å². The lowest BCUT2D eigenvalue weighted by Gasteiger charge is -2.28. The predicted octanol–water partition coefficient (Wildman–Crippen LogP) is 3.90. The van der Waals surface area contributed by atoms with Crippen LogP contribution in [0.2, 0.25) is 0 Å². The van der Waals surface area contributed by atoms with Crippen LogP contribution in [0.3, 0.4) is 0 Å². The summed E-state index contributed by atoms with van der Waals surface area (Å²) in [5.74, 6) is -1.27. The lowest BCUT2D eigenvalue weighted by Crippen LogP contribution is -2.46. The minimum atomic E-state index is -0.894. The van der Waals surface area contributed by atoms with E-state index >= 15 is 0 Å². The van der Waals surface area contributed by atoms with Gasteiger partial charge in [0.15, 0.2) is 5.76 Å². The second-order valence-corrected chi connectivity index (χ2v) is 8.35. The number of allylic oxidation sites excluding steroid dienone is 1. The largest absolute Gasteiger partial charge is 0.459 e. The van der Waals surface area contributed by atoms with Crippen molar-refractivity contribution in [3.63, 3.8) is 0 Å². The maximum atomic E-state index is 13.3. The van der Waals surface area contributed by atoms with Crippen LogP contribution in [0.5, 0.6) is 0 Å². The summed E-state index contributed by atoms with van der Waals surface area (Å²) in [4.78, 5) is 53.2. The molecular formula is C25H27N3O5. The van der Waals surface area contributed by atoms with Crippen molar-refractivity contribution in [2.45, 2.75) is 51.5 Å². The molecule has 1 saturated heterocycles. The van der Waals surface area contributed by atoms with E-state index in [4.69, 9.17) is 4.42 Å². The number of furan rings is 1. The number of imide groups is 1. The molecule has 0 saturated carbocycles. The first-order chi connectivity index (χ1) is 15.9. The Morgan fingerprint density at radius 2 is 1.94 bits per heavy atom. The second kappa shape index (κ2) is 9.85. The van der Waals surface area contributed by atoms with Crippen LogP contribution in [-0.2, 0) is 14.4 Å². The van der Waals surface area contributed by atoms with Crippen LogP contribution in [0.15, 0.2) is 58.7 Å². The average Bonchev–Trinajstić information content (AvgIpc) is 3.44. The van der Waals surface area contributed by atoms with E-state index in [1.807, 2.05) is 0 Å². The predicted molar refractivity (Wildman–Crippen MR) is 123 cm³/mol.